The minimum Gasteiger partial charge on any atom is -0.507 e. The molecule has 82 heavy (non-hydrogen) atoms. The standard InChI is InChI=1S/C76H68N3O2.Pt/c1-45-22-18-23-46(2)71(45)79-62-38-35-57(67-54(48-26-19-27-52(41-48)73(3,4)5)29-20-30-55(67)51-40-50(47-24-14-13-15-25-47)42-53(43-51)74(6,7)8)66(49-34-39-65-58(44-49)56-28-16-17-33-64(56)81-65)70(62)78-72(79)61-37-36-60-69(77-61)68-59(31-21-32-63(68)80)75(9,10)76(60,11)12;/h13-33,35-44,80H,1-12H3;/q-1;. The van der Waals surface area contributed by atoms with E-state index in [0.29, 0.717) is 11.5 Å². The summed E-state index contributed by atoms with van der Waals surface area (Å²) in [6, 6.07) is 71.6. The Morgan fingerprint density at radius 1 is 0.500 bits per heavy atom. The second-order valence-electron chi connectivity index (χ2n) is 25.6. The Labute approximate surface area is 497 Å². The van der Waals surface area contributed by atoms with Gasteiger partial charge < -0.3 is 9.52 Å². The van der Waals surface area contributed by atoms with Crippen LogP contribution in [0.5, 0.6) is 5.75 Å². The Bertz CT molecular complexity index is 4500. The molecule has 13 rings (SSSR count). The van der Waals surface area contributed by atoms with Crippen LogP contribution in [0.15, 0.2) is 192 Å². The van der Waals surface area contributed by atoms with Crippen LogP contribution in [0, 0.1) is 19.9 Å². The number of aromatic nitrogens is 3. The van der Waals surface area contributed by atoms with Crippen LogP contribution in [0.25, 0.3) is 117 Å². The van der Waals surface area contributed by atoms with Gasteiger partial charge in [0.2, 0.25) is 0 Å². The molecule has 0 fully saturated rings. The number of hydrogen-bond acceptors (Lipinski definition) is 4. The molecule has 0 saturated carbocycles. The van der Waals surface area contributed by atoms with Crippen molar-refractivity contribution in [1.29, 1.82) is 0 Å². The molecule has 6 heteroatoms. The van der Waals surface area contributed by atoms with E-state index < -0.39 is 0 Å². The van der Waals surface area contributed by atoms with Gasteiger partial charge in [-0.25, -0.2) is 9.97 Å². The number of benzene rings is 9. The van der Waals surface area contributed by atoms with Gasteiger partial charge in [0.05, 0.1) is 28.0 Å². The van der Waals surface area contributed by atoms with E-state index in [1.807, 2.05) is 24.3 Å². The van der Waals surface area contributed by atoms with E-state index in [4.69, 9.17) is 14.4 Å². The molecular weight excluding hydrogens is 1180 g/mol. The smallest absolute Gasteiger partial charge is 0.163 e. The molecular formula is C76H68N3O2Pt-. The number of hydrogen-bond donors (Lipinski definition) is 1. The van der Waals surface area contributed by atoms with Crippen LogP contribution in [0.2, 0.25) is 0 Å². The second-order valence-corrected chi connectivity index (χ2v) is 25.6. The first-order valence-corrected chi connectivity index (χ1v) is 28.4. The number of aromatic hydroxyl groups is 1. The fourth-order valence-corrected chi connectivity index (χ4v) is 12.7. The average molecular weight is 1250 g/mol. The van der Waals surface area contributed by atoms with Crippen LogP contribution in [-0.4, -0.2) is 19.6 Å². The van der Waals surface area contributed by atoms with Gasteiger partial charge in [0.1, 0.15) is 17.0 Å². The number of furan rings is 1. The number of phenolic OH excluding ortho intramolecular Hbond substituents is 1. The largest absolute Gasteiger partial charge is 0.507 e. The van der Waals surface area contributed by atoms with Gasteiger partial charge in [0, 0.05) is 37.4 Å². The molecule has 0 bridgehead atoms. The molecule has 1 N–H and O–H groups in total. The number of fused-ring (bicyclic) bond motifs is 7. The summed E-state index contributed by atoms with van der Waals surface area (Å²) in [5.41, 5.74) is 23.5. The number of pyridine rings is 1. The summed E-state index contributed by atoms with van der Waals surface area (Å²) in [7, 11) is 0. The van der Waals surface area contributed by atoms with E-state index in [9.17, 15) is 5.11 Å². The van der Waals surface area contributed by atoms with Crippen LogP contribution in [0.4, 0.5) is 0 Å². The zero-order chi connectivity index (χ0) is 56.5. The van der Waals surface area contributed by atoms with Gasteiger partial charge in [-0.05, 0) is 138 Å². The van der Waals surface area contributed by atoms with Gasteiger partial charge in [0.25, 0.3) is 0 Å². The first kappa shape index (κ1) is 54.5. The molecule has 3 aromatic heterocycles. The first-order chi connectivity index (χ1) is 38.7. The van der Waals surface area contributed by atoms with Crippen LogP contribution in [0.1, 0.15) is 103 Å². The average Bonchev–Trinajstić information content (AvgIpc) is 3.09. The molecule has 0 unspecified atom stereocenters. The monoisotopic (exact) mass is 1250 g/mol. The van der Waals surface area contributed by atoms with Crippen LogP contribution >= 0.6 is 0 Å². The maximum absolute atomic E-state index is 11.8. The van der Waals surface area contributed by atoms with Crippen LogP contribution in [0.3, 0.4) is 0 Å². The molecule has 1 aliphatic carbocycles. The Kier molecular flexibility index (Phi) is 13.2. The summed E-state index contributed by atoms with van der Waals surface area (Å²) >= 11 is 0. The van der Waals surface area contributed by atoms with E-state index in [1.165, 1.54) is 22.3 Å². The van der Waals surface area contributed by atoms with E-state index in [1.54, 1.807) is 6.07 Å². The molecule has 0 aliphatic heterocycles. The molecule has 1 aliphatic rings. The second kappa shape index (κ2) is 19.8. The van der Waals surface area contributed by atoms with Crippen molar-refractivity contribution in [2.24, 2.45) is 0 Å². The number of aryl methyl sites for hydroxylation is 2. The minimum absolute atomic E-state index is 0. The van der Waals surface area contributed by atoms with Crippen molar-refractivity contribution in [3.05, 3.63) is 228 Å². The number of nitrogens with zero attached hydrogens (tertiary/aromatic N) is 3. The Balaban J connectivity index is 0.00000665. The van der Waals surface area contributed by atoms with Crippen molar-refractivity contribution < 1.29 is 30.6 Å². The van der Waals surface area contributed by atoms with Crippen molar-refractivity contribution in [2.75, 3.05) is 0 Å². The van der Waals surface area contributed by atoms with Crippen molar-refractivity contribution >= 4 is 33.0 Å². The minimum atomic E-state index is -0.318. The normalized spacial score (nSPS) is 13.8. The quantitative estimate of drug-likeness (QED) is 0.162. The summed E-state index contributed by atoms with van der Waals surface area (Å²) in [4.78, 5) is 11.6. The molecule has 0 atom stereocenters. The Morgan fingerprint density at radius 3 is 1.88 bits per heavy atom. The summed E-state index contributed by atoms with van der Waals surface area (Å²) < 4.78 is 8.85. The molecule has 0 saturated heterocycles. The Hall–Kier alpha value is -8.11. The van der Waals surface area contributed by atoms with E-state index in [0.717, 1.165) is 117 Å². The zero-order valence-electron chi connectivity index (χ0n) is 48.9. The van der Waals surface area contributed by atoms with Crippen LogP contribution < -0.4 is 0 Å². The van der Waals surface area contributed by atoms with Crippen LogP contribution in [-0.2, 0) is 42.7 Å². The summed E-state index contributed by atoms with van der Waals surface area (Å²) in [5.74, 6) is 0.927. The third-order valence-corrected chi connectivity index (χ3v) is 18.0. The van der Waals surface area contributed by atoms with Gasteiger partial charge in [-0.1, -0.05) is 226 Å². The Morgan fingerprint density at radius 2 is 1.13 bits per heavy atom. The molecule has 9 aromatic carbocycles. The van der Waals surface area contributed by atoms with Crippen molar-refractivity contribution in [3.63, 3.8) is 0 Å². The van der Waals surface area contributed by atoms with E-state index >= 15 is 0 Å². The molecule has 12 aromatic rings. The van der Waals surface area contributed by atoms with Gasteiger partial charge >= 0.3 is 0 Å². The molecule has 5 nitrogen and oxygen atoms in total. The van der Waals surface area contributed by atoms with Gasteiger partial charge in [-0.3, -0.25) is 4.57 Å². The van der Waals surface area contributed by atoms with Gasteiger partial charge in [-0.15, -0.1) is 23.8 Å². The molecule has 0 amide bonds. The molecule has 3 heterocycles. The molecule has 0 spiro atoms. The van der Waals surface area contributed by atoms with Crippen molar-refractivity contribution in [2.45, 2.75) is 105 Å². The summed E-state index contributed by atoms with van der Waals surface area (Å²) in [6.45, 7) is 27.3. The first-order valence-electron chi connectivity index (χ1n) is 28.4. The number of para-hydroxylation sites is 2. The number of imidazole rings is 1. The van der Waals surface area contributed by atoms with Crippen molar-refractivity contribution in [1.82, 2.24) is 14.5 Å². The predicted molar refractivity (Wildman–Crippen MR) is 338 cm³/mol. The van der Waals surface area contributed by atoms with Crippen molar-refractivity contribution in [3.8, 4) is 89.8 Å². The van der Waals surface area contributed by atoms with E-state index in [2.05, 4.69) is 251 Å². The third kappa shape index (κ3) is 8.78. The van der Waals surface area contributed by atoms with Gasteiger partial charge in [0.15, 0.2) is 5.82 Å². The molecule has 0 radical (unpaired) electrons. The summed E-state index contributed by atoms with van der Waals surface area (Å²) in [6.07, 6.45) is 0. The fourth-order valence-electron chi connectivity index (χ4n) is 12.7. The number of rotatable bonds is 7. The van der Waals surface area contributed by atoms with Gasteiger partial charge in [-0.2, -0.15) is 0 Å². The number of phenols is 1. The molecule has 410 valence electrons. The SMILES string of the molecule is Cc1cccc(C)c1-n1c(-c2ccc3c(n2)-c2c(O)cccc2C(C)(C)C3(C)C)nc2c(-c3[c-]cc4oc5ccccc5c4c3)c(-c3c(-c4cccc(C(C)(C)C)c4)cccc3-c3cc(-c4ccccc4)cc(C(C)(C)C)c3)ccc21.[Pt]. The maximum atomic E-state index is 11.8. The fraction of sp³-hybridized carbons (Fsp3) is 0.211. The maximum Gasteiger partial charge on any atom is 0.163 e. The predicted octanol–water partition coefficient (Wildman–Crippen LogP) is 20.3. The zero-order valence-corrected chi connectivity index (χ0v) is 51.2. The third-order valence-electron chi connectivity index (χ3n) is 18.0. The topological polar surface area (TPSA) is 64.1 Å². The van der Waals surface area contributed by atoms with E-state index in [-0.39, 0.29) is 48.5 Å². The summed E-state index contributed by atoms with van der Waals surface area (Å²) in [5, 5.41) is 13.9.